The first-order chi connectivity index (χ1) is 21.6. The van der Waals surface area contributed by atoms with E-state index in [1.807, 2.05) is 6.92 Å². The Hall–Kier alpha value is -4.70. The lowest BCUT2D eigenvalue weighted by Gasteiger charge is -2.12. The summed E-state index contributed by atoms with van der Waals surface area (Å²) in [4.78, 5) is 27.6. The topological polar surface area (TPSA) is 167 Å². The van der Waals surface area contributed by atoms with Crippen molar-refractivity contribution in [3.63, 3.8) is 0 Å². The number of aromatic nitrogens is 1. The summed E-state index contributed by atoms with van der Waals surface area (Å²) < 4.78 is 74.0. The molecule has 0 unspecified atom stereocenters. The summed E-state index contributed by atoms with van der Waals surface area (Å²) in [5.74, 6) is 0.460. The number of amides is 3. The molecule has 246 valence electrons. The summed E-state index contributed by atoms with van der Waals surface area (Å²) in [6.45, 7) is 3.77. The summed E-state index contributed by atoms with van der Waals surface area (Å²) in [7, 11) is -2.53. The molecule has 5 N–H and O–H groups in total. The highest BCUT2D eigenvalue weighted by Gasteiger charge is 2.33. The number of carbonyl (C=O) groups excluding carboxylic acids is 2. The zero-order valence-electron chi connectivity index (χ0n) is 24.6. The summed E-state index contributed by atoms with van der Waals surface area (Å²) >= 11 is 5.57. The Kier molecular flexibility index (Phi) is 14.0. The van der Waals surface area contributed by atoms with Crippen molar-refractivity contribution in [1.82, 2.24) is 10.3 Å². The fourth-order valence-corrected chi connectivity index (χ4v) is 4.00. The number of hydrogen-bond acceptors (Lipinski definition) is 7. The molecule has 1 heterocycles. The molecule has 3 amide bonds. The van der Waals surface area contributed by atoms with E-state index >= 15 is 0 Å². The molecule has 0 aliphatic heterocycles. The van der Waals surface area contributed by atoms with E-state index in [-0.39, 0.29) is 28.8 Å². The third-order valence-electron chi connectivity index (χ3n) is 5.39. The molecule has 11 nitrogen and oxygen atoms in total. The molecule has 4 rings (SSSR count). The SMILES string of the molecule is CCO.CNC(=O)c1cc(Oc2ccc(NC(=O)Nc3ccc(Cl)c(C(F)(F)F)c3)cc2)ccn1.Cc1ccc(S(=O)(=O)O)cc1. The van der Waals surface area contributed by atoms with Crippen LogP contribution in [0.5, 0.6) is 11.5 Å². The van der Waals surface area contributed by atoms with Gasteiger partial charge in [0.1, 0.15) is 17.2 Å². The van der Waals surface area contributed by atoms with Crippen LogP contribution in [-0.4, -0.2) is 48.7 Å². The molecule has 0 saturated heterocycles. The molecular weight excluding hydrogens is 653 g/mol. The smallest absolute Gasteiger partial charge is 0.417 e. The molecule has 0 aliphatic rings. The van der Waals surface area contributed by atoms with Gasteiger partial charge in [-0.15, -0.1) is 0 Å². The van der Waals surface area contributed by atoms with Gasteiger partial charge in [0.05, 0.1) is 15.5 Å². The summed E-state index contributed by atoms with van der Waals surface area (Å²) in [6, 6.07) is 17.6. The van der Waals surface area contributed by atoms with Crippen molar-refractivity contribution < 1.29 is 45.6 Å². The molecule has 1 aromatic heterocycles. The summed E-state index contributed by atoms with van der Waals surface area (Å²) in [5, 5.41) is 14.4. The van der Waals surface area contributed by atoms with Crippen LogP contribution in [0.3, 0.4) is 0 Å². The van der Waals surface area contributed by atoms with Gasteiger partial charge >= 0.3 is 12.2 Å². The Labute approximate surface area is 268 Å². The van der Waals surface area contributed by atoms with Gasteiger partial charge in [0.15, 0.2) is 0 Å². The van der Waals surface area contributed by atoms with Gasteiger partial charge in [-0.05, 0) is 74.5 Å². The Morgan fingerprint density at radius 1 is 0.913 bits per heavy atom. The number of nitrogens with zero attached hydrogens (tertiary/aromatic N) is 1. The van der Waals surface area contributed by atoms with Gasteiger partial charge in [-0.3, -0.25) is 14.3 Å². The minimum absolute atomic E-state index is 0.0659. The number of carbonyl (C=O) groups is 2. The molecule has 0 saturated carbocycles. The van der Waals surface area contributed by atoms with E-state index < -0.39 is 32.9 Å². The van der Waals surface area contributed by atoms with Crippen LogP contribution in [0, 0.1) is 6.92 Å². The molecule has 0 aliphatic carbocycles. The lowest BCUT2D eigenvalue weighted by atomic mass is 10.2. The minimum Gasteiger partial charge on any atom is -0.457 e. The van der Waals surface area contributed by atoms with Crippen LogP contribution in [0.15, 0.2) is 90.0 Å². The standard InChI is InChI=1S/C21H16ClF3N4O3.C7H8O3S.C2H6O/c1-26-19(30)18-11-15(8-9-27-18)32-14-5-2-12(3-6-14)28-20(31)29-13-4-7-17(22)16(10-13)21(23,24)25;1-6-2-4-7(5-3-6)11(8,9)10;1-2-3/h2-11H,1H3,(H,26,30)(H2,28,29,31);2-5H,1H3,(H,8,9,10);3H,2H2,1H3. The number of anilines is 2. The molecule has 4 aromatic rings. The minimum atomic E-state index is -4.64. The van der Waals surface area contributed by atoms with Crippen molar-refractivity contribution in [2.75, 3.05) is 24.3 Å². The highest BCUT2D eigenvalue weighted by atomic mass is 35.5. The van der Waals surface area contributed by atoms with Crippen LogP contribution in [0.1, 0.15) is 28.5 Å². The fourth-order valence-electron chi connectivity index (χ4n) is 3.29. The number of hydrogen-bond donors (Lipinski definition) is 5. The van der Waals surface area contributed by atoms with Gasteiger partial charge in [0.2, 0.25) is 0 Å². The largest absolute Gasteiger partial charge is 0.457 e. The second-order valence-electron chi connectivity index (χ2n) is 8.96. The van der Waals surface area contributed by atoms with E-state index in [1.165, 1.54) is 37.5 Å². The lowest BCUT2D eigenvalue weighted by Crippen LogP contribution is -2.19. The van der Waals surface area contributed by atoms with Crippen molar-refractivity contribution >= 4 is 45.0 Å². The van der Waals surface area contributed by atoms with E-state index in [9.17, 15) is 31.2 Å². The maximum Gasteiger partial charge on any atom is 0.417 e. The number of pyridine rings is 1. The normalized spacial score (nSPS) is 10.7. The van der Waals surface area contributed by atoms with Crippen molar-refractivity contribution in [3.05, 3.63) is 107 Å². The molecule has 0 fully saturated rings. The molecule has 0 radical (unpaired) electrons. The van der Waals surface area contributed by atoms with Crippen molar-refractivity contribution in [3.8, 4) is 11.5 Å². The number of aliphatic hydroxyl groups is 1. The molecule has 46 heavy (non-hydrogen) atoms. The molecule has 16 heteroatoms. The van der Waals surface area contributed by atoms with Crippen LogP contribution in [0.25, 0.3) is 0 Å². The number of benzene rings is 3. The van der Waals surface area contributed by atoms with E-state index in [0.717, 1.165) is 17.7 Å². The van der Waals surface area contributed by atoms with Crippen LogP contribution in [-0.2, 0) is 16.3 Å². The Morgan fingerprint density at radius 2 is 1.48 bits per heavy atom. The number of aliphatic hydroxyl groups excluding tert-OH is 1. The molecule has 3 aromatic carbocycles. The zero-order valence-corrected chi connectivity index (χ0v) is 26.2. The van der Waals surface area contributed by atoms with Gasteiger partial charge in [0.25, 0.3) is 16.0 Å². The van der Waals surface area contributed by atoms with E-state index in [0.29, 0.717) is 17.2 Å². The number of rotatable bonds is 6. The fraction of sp³-hybridized carbons (Fsp3) is 0.167. The number of nitrogens with one attached hydrogen (secondary N) is 3. The Morgan fingerprint density at radius 3 is 2.02 bits per heavy atom. The predicted molar refractivity (Wildman–Crippen MR) is 167 cm³/mol. The second kappa shape index (κ2) is 17.1. The number of ether oxygens (including phenoxy) is 1. The Balaban J connectivity index is 0.000000437. The highest BCUT2D eigenvalue weighted by Crippen LogP contribution is 2.36. The van der Waals surface area contributed by atoms with Gasteiger partial charge in [-0.1, -0.05) is 29.3 Å². The molecule has 0 bridgehead atoms. The summed E-state index contributed by atoms with van der Waals surface area (Å²) in [5.41, 5.74) is 0.409. The molecule has 0 atom stereocenters. The number of halogens is 4. The van der Waals surface area contributed by atoms with E-state index in [4.69, 9.17) is 26.0 Å². The number of urea groups is 1. The van der Waals surface area contributed by atoms with Crippen LogP contribution >= 0.6 is 11.6 Å². The predicted octanol–water partition coefficient (Wildman–Crippen LogP) is 6.79. The van der Waals surface area contributed by atoms with Crippen molar-refractivity contribution in [2.24, 2.45) is 0 Å². The Bertz CT molecular complexity index is 1720. The number of aryl methyl sites for hydroxylation is 1. The average molecular weight is 683 g/mol. The quantitative estimate of drug-likeness (QED) is 0.139. The van der Waals surface area contributed by atoms with Gasteiger partial charge in [-0.2, -0.15) is 21.6 Å². The van der Waals surface area contributed by atoms with Gasteiger partial charge in [0, 0.05) is 37.3 Å². The first-order valence-corrected chi connectivity index (χ1v) is 14.9. The maximum absolute atomic E-state index is 12.9. The molecule has 0 spiro atoms. The maximum atomic E-state index is 12.9. The van der Waals surface area contributed by atoms with E-state index in [2.05, 4.69) is 20.9 Å². The first kappa shape index (κ1) is 37.5. The van der Waals surface area contributed by atoms with Gasteiger partial charge < -0.3 is 25.8 Å². The average Bonchev–Trinajstić information content (AvgIpc) is 2.99. The van der Waals surface area contributed by atoms with Crippen molar-refractivity contribution in [1.29, 1.82) is 0 Å². The lowest BCUT2D eigenvalue weighted by molar-refractivity contribution is -0.137. The van der Waals surface area contributed by atoms with Crippen molar-refractivity contribution in [2.45, 2.75) is 24.9 Å². The first-order valence-electron chi connectivity index (χ1n) is 13.1. The van der Waals surface area contributed by atoms with Crippen LogP contribution in [0.4, 0.5) is 29.3 Å². The van der Waals surface area contributed by atoms with Crippen LogP contribution in [0.2, 0.25) is 5.02 Å². The third kappa shape index (κ3) is 12.4. The zero-order chi connectivity index (χ0) is 34.5. The highest BCUT2D eigenvalue weighted by molar-refractivity contribution is 7.85. The monoisotopic (exact) mass is 682 g/mol. The number of alkyl halides is 3. The second-order valence-corrected chi connectivity index (χ2v) is 10.8. The molecular formula is C30H30ClF3N4O7S. The van der Waals surface area contributed by atoms with Gasteiger partial charge in [-0.25, -0.2) is 4.79 Å². The van der Waals surface area contributed by atoms with Crippen LogP contribution < -0.4 is 20.7 Å². The summed E-state index contributed by atoms with van der Waals surface area (Å²) in [6.07, 6.45) is -3.21. The van der Waals surface area contributed by atoms with E-state index in [1.54, 1.807) is 49.4 Å². The third-order valence-corrected chi connectivity index (χ3v) is 6.58.